The molecule has 3 aromatic rings. The highest BCUT2D eigenvalue weighted by molar-refractivity contribution is 5.64. The summed E-state index contributed by atoms with van der Waals surface area (Å²) in [6, 6.07) is 15.5. The summed E-state index contributed by atoms with van der Waals surface area (Å²) < 4.78 is 1.79. The minimum absolute atomic E-state index is 0.280. The Morgan fingerprint density at radius 3 is 2.58 bits per heavy atom. The molecule has 94 valence electrons. The zero-order valence-corrected chi connectivity index (χ0v) is 10.3. The number of benzene rings is 2. The van der Waals surface area contributed by atoms with Crippen molar-refractivity contribution in [2.24, 2.45) is 0 Å². The van der Waals surface area contributed by atoms with Crippen LogP contribution in [0, 0.1) is 0 Å². The number of aromatic hydroxyl groups is 1. The molecular weight excluding hydrogens is 238 g/mol. The van der Waals surface area contributed by atoms with E-state index in [0.29, 0.717) is 6.54 Å². The van der Waals surface area contributed by atoms with E-state index in [2.05, 4.69) is 28.3 Å². The molecule has 19 heavy (non-hydrogen) atoms. The Kier molecular flexibility index (Phi) is 2.98. The van der Waals surface area contributed by atoms with Gasteiger partial charge in [-0.05, 0) is 34.9 Å². The van der Waals surface area contributed by atoms with Gasteiger partial charge in [-0.3, -0.25) is 0 Å². The molecule has 0 aliphatic heterocycles. The molecule has 4 nitrogen and oxygen atoms in total. The molecule has 0 fully saturated rings. The van der Waals surface area contributed by atoms with Crippen LogP contribution in [0.15, 0.2) is 61.2 Å². The van der Waals surface area contributed by atoms with Gasteiger partial charge in [-0.15, -0.1) is 0 Å². The second-order valence-corrected chi connectivity index (χ2v) is 4.34. The van der Waals surface area contributed by atoms with Crippen LogP contribution in [0.25, 0.3) is 11.1 Å². The molecule has 1 heterocycles. The van der Waals surface area contributed by atoms with Crippen LogP contribution in [0.3, 0.4) is 0 Å². The molecule has 0 saturated carbocycles. The summed E-state index contributed by atoms with van der Waals surface area (Å²) >= 11 is 0. The maximum atomic E-state index is 9.31. The summed E-state index contributed by atoms with van der Waals surface area (Å²) in [6.45, 7) is 0.700. The van der Waals surface area contributed by atoms with E-state index in [1.807, 2.05) is 18.2 Å². The van der Waals surface area contributed by atoms with E-state index in [1.165, 1.54) is 6.33 Å². The molecule has 1 N–H and O–H groups in total. The fraction of sp³-hybridized carbons (Fsp3) is 0.0667. The van der Waals surface area contributed by atoms with Gasteiger partial charge in [0, 0.05) is 0 Å². The highest BCUT2D eigenvalue weighted by Crippen LogP contribution is 2.22. The van der Waals surface area contributed by atoms with E-state index in [1.54, 1.807) is 23.1 Å². The Morgan fingerprint density at radius 2 is 1.84 bits per heavy atom. The Morgan fingerprint density at radius 1 is 1.00 bits per heavy atom. The normalized spacial score (nSPS) is 10.5. The number of phenols is 1. The predicted molar refractivity (Wildman–Crippen MR) is 72.7 cm³/mol. The predicted octanol–water partition coefficient (Wildman–Crippen LogP) is 2.70. The van der Waals surface area contributed by atoms with Crippen LogP contribution in [0.4, 0.5) is 0 Å². The van der Waals surface area contributed by atoms with Gasteiger partial charge in [0.1, 0.15) is 18.4 Å². The maximum absolute atomic E-state index is 9.31. The lowest BCUT2D eigenvalue weighted by atomic mass is 10.0. The molecule has 1 aromatic heterocycles. The van der Waals surface area contributed by atoms with E-state index in [0.717, 1.165) is 16.7 Å². The Bertz CT molecular complexity index is 660. The number of nitrogens with zero attached hydrogens (tertiary/aromatic N) is 3. The standard InChI is InChI=1S/C15H13N3O/c19-15-6-4-13(5-7-15)14-3-1-2-12(8-14)9-18-11-16-10-17-18/h1-8,10-11,19H,9H2. The minimum Gasteiger partial charge on any atom is -0.508 e. The summed E-state index contributed by atoms with van der Waals surface area (Å²) in [4.78, 5) is 3.93. The fourth-order valence-corrected chi connectivity index (χ4v) is 2.00. The topological polar surface area (TPSA) is 50.9 Å². The molecule has 0 bridgehead atoms. The smallest absolute Gasteiger partial charge is 0.137 e. The first kappa shape index (κ1) is 11.5. The monoisotopic (exact) mass is 251 g/mol. The van der Waals surface area contributed by atoms with Crippen molar-refractivity contribution in [1.29, 1.82) is 0 Å². The molecule has 3 rings (SSSR count). The molecular formula is C15H13N3O. The summed E-state index contributed by atoms with van der Waals surface area (Å²) in [5.41, 5.74) is 3.37. The zero-order valence-electron chi connectivity index (χ0n) is 10.3. The van der Waals surface area contributed by atoms with Crippen LogP contribution >= 0.6 is 0 Å². The van der Waals surface area contributed by atoms with Gasteiger partial charge in [0.2, 0.25) is 0 Å². The van der Waals surface area contributed by atoms with Gasteiger partial charge in [0.05, 0.1) is 6.54 Å². The van der Waals surface area contributed by atoms with Gasteiger partial charge in [0.25, 0.3) is 0 Å². The lowest BCUT2D eigenvalue weighted by molar-refractivity contribution is 0.475. The van der Waals surface area contributed by atoms with Crippen molar-refractivity contribution in [2.75, 3.05) is 0 Å². The third-order valence-corrected chi connectivity index (χ3v) is 2.94. The molecule has 0 atom stereocenters. The van der Waals surface area contributed by atoms with E-state index in [9.17, 15) is 5.11 Å². The highest BCUT2D eigenvalue weighted by atomic mass is 16.3. The van der Waals surface area contributed by atoms with Gasteiger partial charge >= 0.3 is 0 Å². The summed E-state index contributed by atoms with van der Waals surface area (Å²) in [7, 11) is 0. The summed E-state index contributed by atoms with van der Waals surface area (Å²) in [6.07, 6.45) is 3.23. The first-order chi connectivity index (χ1) is 9.31. The number of phenolic OH excluding ortho intramolecular Hbond substituents is 1. The molecule has 0 aliphatic carbocycles. The van der Waals surface area contributed by atoms with Gasteiger partial charge < -0.3 is 5.11 Å². The Labute approximate surface area is 111 Å². The fourth-order valence-electron chi connectivity index (χ4n) is 2.00. The van der Waals surface area contributed by atoms with Crippen LogP contribution in [0.5, 0.6) is 5.75 Å². The van der Waals surface area contributed by atoms with Crippen molar-refractivity contribution < 1.29 is 5.11 Å². The van der Waals surface area contributed by atoms with Crippen LogP contribution in [0.1, 0.15) is 5.56 Å². The Hall–Kier alpha value is -2.62. The van der Waals surface area contributed by atoms with Gasteiger partial charge in [-0.25, -0.2) is 9.67 Å². The molecule has 4 heteroatoms. The largest absolute Gasteiger partial charge is 0.508 e. The van der Waals surface area contributed by atoms with Crippen molar-refractivity contribution in [1.82, 2.24) is 14.8 Å². The Balaban J connectivity index is 1.89. The molecule has 0 amide bonds. The molecule has 0 unspecified atom stereocenters. The molecule has 2 aromatic carbocycles. The van der Waals surface area contributed by atoms with Crippen molar-refractivity contribution in [2.45, 2.75) is 6.54 Å². The van der Waals surface area contributed by atoms with Crippen LogP contribution in [-0.4, -0.2) is 19.9 Å². The molecule has 0 aliphatic rings. The molecule has 0 radical (unpaired) electrons. The first-order valence-corrected chi connectivity index (χ1v) is 6.02. The van der Waals surface area contributed by atoms with Crippen molar-refractivity contribution in [3.8, 4) is 16.9 Å². The number of rotatable bonds is 3. The van der Waals surface area contributed by atoms with E-state index >= 15 is 0 Å². The van der Waals surface area contributed by atoms with Crippen LogP contribution in [0.2, 0.25) is 0 Å². The average Bonchev–Trinajstić information content (AvgIpc) is 2.93. The van der Waals surface area contributed by atoms with Gasteiger partial charge in [0.15, 0.2) is 0 Å². The highest BCUT2D eigenvalue weighted by Gasteiger charge is 2.01. The van der Waals surface area contributed by atoms with Gasteiger partial charge in [-0.1, -0.05) is 30.3 Å². The van der Waals surface area contributed by atoms with E-state index < -0.39 is 0 Å². The zero-order chi connectivity index (χ0) is 13.1. The van der Waals surface area contributed by atoms with Crippen LogP contribution < -0.4 is 0 Å². The number of hydrogen-bond acceptors (Lipinski definition) is 3. The maximum Gasteiger partial charge on any atom is 0.137 e. The third kappa shape index (κ3) is 2.63. The van der Waals surface area contributed by atoms with Gasteiger partial charge in [-0.2, -0.15) is 5.10 Å². The van der Waals surface area contributed by atoms with E-state index in [4.69, 9.17) is 0 Å². The van der Waals surface area contributed by atoms with Crippen LogP contribution in [-0.2, 0) is 6.54 Å². The second kappa shape index (κ2) is 4.94. The number of aromatic nitrogens is 3. The lowest BCUT2D eigenvalue weighted by Gasteiger charge is -2.06. The number of hydrogen-bond donors (Lipinski definition) is 1. The second-order valence-electron chi connectivity index (χ2n) is 4.34. The molecule has 0 spiro atoms. The summed E-state index contributed by atoms with van der Waals surface area (Å²) in [5.74, 6) is 0.280. The van der Waals surface area contributed by atoms with Crippen molar-refractivity contribution in [3.63, 3.8) is 0 Å². The minimum atomic E-state index is 0.280. The summed E-state index contributed by atoms with van der Waals surface area (Å²) in [5, 5.41) is 13.4. The molecule has 0 saturated heterocycles. The van der Waals surface area contributed by atoms with E-state index in [-0.39, 0.29) is 5.75 Å². The lowest BCUT2D eigenvalue weighted by Crippen LogP contribution is -1.99. The SMILES string of the molecule is Oc1ccc(-c2cccc(Cn3cncn3)c2)cc1. The third-order valence-electron chi connectivity index (χ3n) is 2.94. The van der Waals surface area contributed by atoms with Crippen molar-refractivity contribution >= 4 is 0 Å². The average molecular weight is 251 g/mol. The van der Waals surface area contributed by atoms with Crippen molar-refractivity contribution in [3.05, 3.63) is 66.7 Å². The quantitative estimate of drug-likeness (QED) is 0.778. The first-order valence-electron chi connectivity index (χ1n) is 6.02.